The Balaban J connectivity index is 1.63. The highest BCUT2D eigenvalue weighted by atomic mass is 16.2. The van der Waals surface area contributed by atoms with E-state index in [2.05, 4.69) is 19.2 Å². The average Bonchev–Trinajstić information content (AvgIpc) is 2.74. The highest BCUT2D eigenvalue weighted by Crippen LogP contribution is 2.24. The van der Waals surface area contributed by atoms with Crippen molar-refractivity contribution in [3.63, 3.8) is 0 Å². The van der Waals surface area contributed by atoms with Gasteiger partial charge in [-0.05, 0) is 44.9 Å². The topological polar surface area (TPSA) is 69.7 Å². The molecule has 1 aliphatic carbocycles. The molecule has 1 saturated heterocycles. The van der Waals surface area contributed by atoms with E-state index in [4.69, 9.17) is 0 Å². The van der Waals surface area contributed by atoms with Gasteiger partial charge in [0.05, 0.1) is 0 Å². The summed E-state index contributed by atoms with van der Waals surface area (Å²) in [5, 5.41) is 3.22. The number of nitrogens with one attached hydrogen (secondary N) is 1. The van der Waals surface area contributed by atoms with Gasteiger partial charge in [-0.1, -0.05) is 33.1 Å². The molecule has 0 aromatic rings. The summed E-state index contributed by atoms with van der Waals surface area (Å²) in [6.07, 6.45) is 10.8. The van der Waals surface area contributed by atoms with Gasteiger partial charge in [0.15, 0.2) is 0 Å². The monoisotopic (exact) mass is 407 g/mol. The average molecular weight is 408 g/mol. The van der Waals surface area contributed by atoms with Crippen molar-refractivity contribution in [2.75, 3.05) is 26.2 Å². The van der Waals surface area contributed by atoms with Crippen LogP contribution in [0.2, 0.25) is 0 Å². The van der Waals surface area contributed by atoms with Crippen LogP contribution in [0.1, 0.15) is 90.9 Å². The van der Waals surface area contributed by atoms with Gasteiger partial charge in [-0.3, -0.25) is 14.4 Å². The molecule has 166 valence electrons. The summed E-state index contributed by atoms with van der Waals surface area (Å²) in [5.41, 5.74) is 0. The molecule has 2 aliphatic rings. The molecule has 0 radical (unpaired) electrons. The second-order valence-electron chi connectivity index (χ2n) is 8.73. The van der Waals surface area contributed by atoms with E-state index in [9.17, 15) is 14.4 Å². The summed E-state index contributed by atoms with van der Waals surface area (Å²) < 4.78 is 0. The normalized spacial score (nSPS) is 18.5. The van der Waals surface area contributed by atoms with Crippen LogP contribution in [0.3, 0.4) is 0 Å². The summed E-state index contributed by atoms with van der Waals surface area (Å²) in [6, 6.07) is 0.201. The zero-order valence-corrected chi connectivity index (χ0v) is 18.6. The van der Waals surface area contributed by atoms with Crippen LogP contribution in [0.25, 0.3) is 0 Å². The highest BCUT2D eigenvalue weighted by molar-refractivity contribution is 5.80. The standard InChI is InChI=1S/C23H41N3O3/c1-3-15-25(16-4-2)21(27)11-8-12-22(28)26-17-13-20(14-18-26)24-23(29)19-9-6-5-7-10-19/h19-20H,3-18H2,1-2H3,(H,24,29). The molecular formula is C23H41N3O3. The van der Waals surface area contributed by atoms with Crippen molar-refractivity contribution in [2.24, 2.45) is 5.92 Å². The van der Waals surface area contributed by atoms with Crippen LogP contribution in [0.5, 0.6) is 0 Å². The van der Waals surface area contributed by atoms with Crippen molar-refractivity contribution >= 4 is 17.7 Å². The predicted molar refractivity (Wildman–Crippen MR) is 115 cm³/mol. The van der Waals surface area contributed by atoms with Gasteiger partial charge >= 0.3 is 0 Å². The number of nitrogens with zero attached hydrogens (tertiary/aromatic N) is 2. The maximum absolute atomic E-state index is 12.5. The van der Waals surface area contributed by atoms with Crippen LogP contribution in [0.15, 0.2) is 0 Å². The molecule has 6 nitrogen and oxygen atoms in total. The summed E-state index contributed by atoms with van der Waals surface area (Å²) in [6.45, 7) is 7.20. The van der Waals surface area contributed by atoms with Gasteiger partial charge < -0.3 is 15.1 Å². The zero-order chi connectivity index (χ0) is 21.1. The third-order valence-corrected chi connectivity index (χ3v) is 6.29. The number of carbonyl (C=O) groups excluding carboxylic acids is 3. The van der Waals surface area contributed by atoms with Gasteiger partial charge in [0.25, 0.3) is 0 Å². The van der Waals surface area contributed by atoms with Crippen LogP contribution in [0, 0.1) is 5.92 Å². The molecule has 29 heavy (non-hydrogen) atoms. The molecule has 1 aliphatic heterocycles. The highest BCUT2D eigenvalue weighted by Gasteiger charge is 2.27. The molecule has 0 unspecified atom stereocenters. The van der Waals surface area contributed by atoms with Crippen LogP contribution < -0.4 is 5.32 Å². The largest absolute Gasteiger partial charge is 0.353 e. The molecule has 0 aromatic carbocycles. The van der Waals surface area contributed by atoms with E-state index in [1.54, 1.807) is 0 Å². The lowest BCUT2D eigenvalue weighted by atomic mass is 9.88. The molecule has 1 N–H and O–H groups in total. The minimum Gasteiger partial charge on any atom is -0.353 e. The fourth-order valence-electron chi connectivity index (χ4n) is 4.57. The number of rotatable bonds is 10. The Morgan fingerprint density at radius 2 is 1.52 bits per heavy atom. The minimum atomic E-state index is 0.146. The molecule has 0 bridgehead atoms. The summed E-state index contributed by atoms with van der Waals surface area (Å²) >= 11 is 0. The Morgan fingerprint density at radius 3 is 2.10 bits per heavy atom. The van der Waals surface area contributed by atoms with Gasteiger partial charge in [-0.2, -0.15) is 0 Å². The predicted octanol–water partition coefficient (Wildman–Crippen LogP) is 3.49. The van der Waals surface area contributed by atoms with E-state index in [0.29, 0.717) is 32.4 Å². The third-order valence-electron chi connectivity index (χ3n) is 6.29. The van der Waals surface area contributed by atoms with E-state index < -0.39 is 0 Å². The first-order valence-corrected chi connectivity index (χ1v) is 11.9. The maximum Gasteiger partial charge on any atom is 0.223 e. The van der Waals surface area contributed by atoms with Gasteiger partial charge in [-0.25, -0.2) is 0 Å². The van der Waals surface area contributed by atoms with Crippen molar-refractivity contribution < 1.29 is 14.4 Å². The van der Waals surface area contributed by atoms with E-state index in [-0.39, 0.29) is 29.7 Å². The van der Waals surface area contributed by atoms with Crippen LogP contribution in [0.4, 0.5) is 0 Å². The second kappa shape index (κ2) is 12.9. The van der Waals surface area contributed by atoms with E-state index >= 15 is 0 Å². The van der Waals surface area contributed by atoms with E-state index in [1.807, 2.05) is 9.80 Å². The van der Waals surface area contributed by atoms with E-state index in [0.717, 1.165) is 51.6 Å². The van der Waals surface area contributed by atoms with Crippen molar-refractivity contribution in [3.8, 4) is 0 Å². The third kappa shape index (κ3) is 7.98. The number of amides is 3. The molecule has 0 spiro atoms. The smallest absolute Gasteiger partial charge is 0.223 e. The van der Waals surface area contributed by atoms with Crippen LogP contribution in [-0.2, 0) is 14.4 Å². The van der Waals surface area contributed by atoms with Gasteiger partial charge in [-0.15, -0.1) is 0 Å². The molecule has 2 rings (SSSR count). The Bertz CT molecular complexity index is 517. The number of hydrogen-bond acceptors (Lipinski definition) is 3. The molecular weight excluding hydrogens is 366 g/mol. The van der Waals surface area contributed by atoms with Gasteiger partial charge in [0.2, 0.25) is 17.7 Å². The Morgan fingerprint density at radius 1 is 0.897 bits per heavy atom. The fraction of sp³-hybridized carbons (Fsp3) is 0.870. The zero-order valence-electron chi connectivity index (χ0n) is 18.6. The molecule has 3 amide bonds. The van der Waals surface area contributed by atoms with Crippen LogP contribution in [-0.4, -0.2) is 59.7 Å². The Hall–Kier alpha value is -1.59. The second-order valence-corrected chi connectivity index (χ2v) is 8.73. The van der Waals surface area contributed by atoms with E-state index in [1.165, 1.54) is 19.3 Å². The molecule has 0 atom stereocenters. The van der Waals surface area contributed by atoms with Crippen molar-refractivity contribution in [1.82, 2.24) is 15.1 Å². The van der Waals surface area contributed by atoms with Gasteiger partial charge in [0.1, 0.15) is 0 Å². The maximum atomic E-state index is 12.5. The lowest BCUT2D eigenvalue weighted by Gasteiger charge is -2.33. The fourth-order valence-corrected chi connectivity index (χ4v) is 4.57. The Labute approximate surface area is 176 Å². The molecule has 2 fully saturated rings. The lowest BCUT2D eigenvalue weighted by molar-refractivity contribution is -0.133. The quantitative estimate of drug-likeness (QED) is 0.603. The summed E-state index contributed by atoms with van der Waals surface area (Å²) in [4.78, 5) is 41.0. The number of likely N-dealkylation sites (tertiary alicyclic amines) is 1. The minimum absolute atomic E-state index is 0.146. The first-order chi connectivity index (χ1) is 14.0. The van der Waals surface area contributed by atoms with Crippen molar-refractivity contribution in [1.29, 1.82) is 0 Å². The van der Waals surface area contributed by atoms with Crippen molar-refractivity contribution in [2.45, 2.75) is 96.9 Å². The number of piperidine rings is 1. The summed E-state index contributed by atoms with van der Waals surface area (Å²) in [7, 11) is 0. The number of carbonyl (C=O) groups is 3. The number of hydrogen-bond donors (Lipinski definition) is 1. The molecule has 1 heterocycles. The van der Waals surface area contributed by atoms with Crippen LogP contribution >= 0.6 is 0 Å². The molecule has 6 heteroatoms. The first-order valence-electron chi connectivity index (χ1n) is 11.9. The lowest BCUT2D eigenvalue weighted by Crippen LogP contribution is -2.48. The van der Waals surface area contributed by atoms with Crippen molar-refractivity contribution in [3.05, 3.63) is 0 Å². The summed E-state index contributed by atoms with van der Waals surface area (Å²) in [5.74, 6) is 0.732. The Kier molecular flexibility index (Phi) is 10.5. The SMILES string of the molecule is CCCN(CCC)C(=O)CCCC(=O)N1CCC(NC(=O)C2CCCCC2)CC1. The van der Waals surface area contributed by atoms with Gasteiger partial charge in [0, 0.05) is 51.0 Å². The molecule has 0 aromatic heterocycles. The first kappa shape index (κ1) is 23.7. The molecule has 1 saturated carbocycles.